The number of carbonyl (C=O) groups is 1. The summed E-state index contributed by atoms with van der Waals surface area (Å²) >= 11 is 5.69. The highest BCUT2D eigenvalue weighted by Gasteiger charge is 2.37. The fraction of sp³-hybridized carbons (Fsp3) is 0.316. The number of halogens is 4. The molecule has 0 bridgehead atoms. The van der Waals surface area contributed by atoms with E-state index in [4.69, 9.17) is 11.6 Å². The summed E-state index contributed by atoms with van der Waals surface area (Å²) in [5.41, 5.74) is -3.76. The van der Waals surface area contributed by atoms with E-state index in [2.05, 4.69) is 0 Å². The second kappa shape index (κ2) is 7.92. The number of thioether (sulfide) groups is 1. The van der Waals surface area contributed by atoms with Crippen LogP contribution in [-0.2, 0) is 16.6 Å². The zero-order valence-corrected chi connectivity index (χ0v) is 15.8. The smallest absolute Gasteiger partial charge is 0.446 e. The van der Waals surface area contributed by atoms with Crippen LogP contribution in [0, 0.1) is 5.92 Å². The minimum absolute atomic E-state index is 0.0448. The van der Waals surface area contributed by atoms with E-state index in [1.807, 2.05) is 13.8 Å². The average molecular weight is 403 g/mol. The number of aliphatic carboxylic acids is 1. The fourth-order valence-electron chi connectivity index (χ4n) is 2.84. The third kappa shape index (κ3) is 5.42. The van der Waals surface area contributed by atoms with Crippen molar-refractivity contribution in [1.82, 2.24) is 0 Å². The zero-order chi connectivity index (χ0) is 19.5. The molecular weight excluding hydrogens is 385 g/mol. The van der Waals surface area contributed by atoms with Crippen molar-refractivity contribution >= 4 is 29.3 Å². The van der Waals surface area contributed by atoms with Gasteiger partial charge in [0.05, 0.1) is 5.92 Å². The molecule has 0 amide bonds. The second-order valence-corrected chi connectivity index (χ2v) is 8.09. The summed E-state index contributed by atoms with van der Waals surface area (Å²) < 4.78 is 37.7. The molecule has 26 heavy (non-hydrogen) atoms. The third-order valence-electron chi connectivity index (χ3n) is 4.33. The molecule has 0 saturated carbocycles. The van der Waals surface area contributed by atoms with Gasteiger partial charge in [-0.1, -0.05) is 49.7 Å². The van der Waals surface area contributed by atoms with E-state index in [0.717, 1.165) is 5.56 Å². The molecule has 140 valence electrons. The summed E-state index contributed by atoms with van der Waals surface area (Å²) in [5, 5.41) is 10.3. The van der Waals surface area contributed by atoms with Gasteiger partial charge in [0.25, 0.3) is 0 Å². The van der Waals surface area contributed by atoms with E-state index in [0.29, 0.717) is 10.6 Å². The first kappa shape index (κ1) is 20.6. The van der Waals surface area contributed by atoms with Crippen molar-refractivity contribution in [2.24, 2.45) is 5.92 Å². The molecule has 0 aliphatic rings. The Morgan fingerprint density at radius 2 is 1.77 bits per heavy atom. The molecule has 0 aliphatic carbocycles. The van der Waals surface area contributed by atoms with Gasteiger partial charge in [-0.2, -0.15) is 13.2 Å². The first-order valence-electron chi connectivity index (χ1n) is 7.82. The van der Waals surface area contributed by atoms with Crippen LogP contribution in [0.4, 0.5) is 13.2 Å². The van der Waals surface area contributed by atoms with Crippen LogP contribution >= 0.6 is 23.4 Å². The van der Waals surface area contributed by atoms with Gasteiger partial charge in [-0.3, -0.25) is 4.79 Å². The van der Waals surface area contributed by atoms with Gasteiger partial charge >= 0.3 is 11.5 Å². The minimum atomic E-state index is -4.38. The molecule has 2 rings (SSSR count). The normalized spacial score (nSPS) is 13.5. The molecule has 0 aliphatic heterocycles. The highest BCUT2D eigenvalue weighted by atomic mass is 35.5. The Morgan fingerprint density at radius 1 is 1.15 bits per heavy atom. The van der Waals surface area contributed by atoms with Crippen molar-refractivity contribution in [2.45, 2.75) is 36.1 Å². The van der Waals surface area contributed by atoms with Crippen molar-refractivity contribution in [1.29, 1.82) is 0 Å². The van der Waals surface area contributed by atoms with Crippen LogP contribution in [0.1, 0.15) is 25.0 Å². The van der Waals surface area contributed by atoms with Gasteiger partial charge in [0.1, 0.15) is 0 Å². The van der Waals surface area contributed by atoms with E-state index in [1.165, 1.54) is 18.2 Å². The van der Waals surface area contributed by atoms with Crippen molar-refractivity contribution in [3.8, 4) is 0 Å². The summed E-state index contributed by atoms with van der Waals surface area (Å²) in [7, 11) is 0. The van der Waals surface area contributed by atoms with E-state index in [9.17, 15) is 23.1 Å². The van der Waals surface area contributed by atoms with Crippen molar-refractivity contribution in [2.75, 3.05) is 0 Å². The Kier molecular flexibility index (Phi) is 6.29. The molecule has 0 saturated heterocycles. The second-order valence-electron chi connectivity index (χ2n) is 6.52. The molecule has 1 N–H and O–H groups in total. The minimum Gasteiger partial charge on any atom is -0.481 e. The predicted molar refractivity (Wildman–Crippen MR) is 97.7 cm³/mol. The molecule has 2 nitrogen and oxygen atoms in total. The lowest BCUT2D eigenvalue weighted by Crippen LogP contribution is -2.36. The fourth-order valence-corrected chi connectivity index (χ4v) is 3.59. The van der Waals surface area contributed by atoms with Gasteiger partial charge in [-0.15, -0.1) is 0 Å². The van der Waals surface area contributed by atoms with Gasteiger partial charge in [0, 0.05) is 15.3 Å². The number of carboxylic acids is 1. The first-order chi connectivity index (χ1) is 12.0. The largest absolute Gasteiger partial charge is 0.481 e. The molecule has 0 aromatic heterocycles. The van der Waals surface area contributed by atoms with Crippen LogP contribution in [0.5, 0.6) is 0 Å². The summed E-state index contributed by atoms with van der Waals surface area (Å²) in [6, 6.07) is 12.8. The third-order valence-corrected chi connectivity index (χ3v) is 5.30. The summed E-state index contributed by atoms with van der Waals surface area (Å²) in [4.78, 5) is 11.9. The highest BCUT2D eigenvalue weighted by Crippen LogP contribution is 2.38. The van der Waals surface area contributed by atoms with Crippen molar-refractivity contribution < 1.29 is 23.1 Å². The topological polar surface area (TPSA) is 37.3 Å². The summed E-state index contributed by atoms with van der Waals surface area (Å²) in [6.07, 6.45) is 0.122. The maximum absolute atomic E-state index is 12.6. The number of benzene rings is 2. The van der Waals surface area contributed by atoms with E-state index in [-0.39, 0.29) is 23.1 Å². The lowest BCUT2D eigenvalue weighted by molar-refractivity contribution is -0.144. The SMILES string of the molecule is CC(C)(c1ccc(Cl)cc1)C(Cc1cccc(SC(F)(F)F)c1)C(=O)O. The van der Waals surface area contributed by atoms with Gasteiger partial charge in [-0.25, -0.2) is 0 Å². The standard InChI is InChI=1S/C19H18ClF3O2S/c1-18(2,13-6-8-14(20)9-7-13)16(17(24)25)11-12-4-3-5-15(10-12)26-19(21,22)23/h3-10,16H,11H2,1-2H3,(H,24,25). The average Bonchev–Trinajstić information content (AvgIpc) is 2.51. The Balaban J connectivity index is 2.29. The Hall–Kier alpha value is -1.66. The molecular formula is C19H18ClF3O2S. The Bertz CT molecular complexity index is 773. The Morgan fingerprint density at radius 3 is 2.31 bits per heavy atom. The molecule has 0 radical (unpaired) electrons. The van der Waals surface area contributed by atoms with Crippen LogP contribution in [0.25, 0.3) is 0 Å². The quantitative estimate of drug-likeness (QED) is 0.587. The highest BCUT2D eigenvalue weighted by molar-refractivity contribution is 8.00. The van der Waals surface area contributed by atoms with Crippen LogP contribution in [0.3, 0.4) is 0 Å². The molecule has 1 unspecified atom stereocenters. The maximum atomic E-state index is 12.6. The predicted octanol–water partition coefficient (Wildman–Crippen LogP) is 6.17. The monoisotopic (exact) mass is 402 g/mol. The number of alkyl halides is 3. The lowest BCUT2D eigenvalue weighted by Gasteiger charge is -2.32. The zero-order valence-electron chi connectivity index (χ0n) is 14.2. The molecule has 0 spiro atoms. The van der Waals surface area contributed by atoms with E-state index < -0.39 is 22.8 Å². The Labute approximate surface area is 159 Å². The summed E-state index contributed by atoms with van der Waals surface area (Å²) in [6.45, 7) is 3.62. The van der Waals surface area contributed by atoms with Gasteiger partial charge < -0.3 is 5.11 Å². The molecule has 7 heteroatoms. The van der Waals surface area contributed by atoms with E-state index >= 15 is 0 Å². The number of rotatable bonds is 6. The van der Waals surface area contributed by atoms with Crippen LogP contribution < -0.4 is 0 Å². The van der Waals surface area contributed by atoms with Gasteiger partial charge in [0.2, 0.25) is 0 Å². The van der Waals surface area contributed by atoms with Crippen LogP contribution in [0.15, 0.2) is 53.4 Å². The van der Waals surface area contributed by atoms with Crippen LogP contribution in [-0.4, -0.2) is 16.6 Å². The van der Waals surface area contributed by atoms with Crippen molar-refractivity contribution in [3.05, 3.63) is 64.7 Å². The lowest BCUT2D eigenvalue weighted by atomic mass is 9.71. The molecule has 0 fully saturated rings. The summed E-state index contributed by atoms with van der Waals surface area (Å²) in [5.74, 6) is -1.81. The van der Waals surface area contributed by atoms with Crippen molar-refractivity contribution in [3.63, 3.8) is 0 Å². The first-order valence-corrected chi connectivity index (χ1v) is 9.02. The number of carboxylic acid groups (broad SMARTS) is 1. The number of hydrogen-bond donors (Lipinski definition) is 1. The molecule has 0 heterocycles. The van der Waals surface area contributed by atoms with Gasteiger partial charge in [-0.05, 0) is 53.6 Å². The van der Waals surface area contributed by atoms with E-state index in [1.54, 1.807) is 30.3 Å². The van der Waals surface area contributed by atoms with Gasteiger partial charge in [0.15, 0.2) is 0 Å². The molecule has 2 aromatic carbocycles. The van der Waals surface area contributed by atoms with Crippen LogP contribution in [0.2, 0.25) is 5.02 Å². The molecule has 1 atom stereocenters. The number of hydrogen-bond acceptors (Lipinski definition) is 2. The maximum Gasteiger partial charge on any atom is 0.446 e. The molecule has 2 aromatic rings.